The molecule has 0 aliphatic heterocycles. The highest BCUT2D eigenvalue weighted by Crippen LogP contribution is 2.32. The first-order valence-corrected chi connectivity index (χ1v) is 8.41. The highest BCUT2D eigenvalue weighted by molar-refractivity contribution is 6.35. The van der Waals surface area contributed by atoms with Crippen molar-refractivity contribution in [2.75, 3.05) is 6.61 Å². The Labute approximate surface area is 148 Å². The van der Waals surface area contributed by atoms with E-state index < -0.39 is 17.5 Å². The SMILES string of the molecule is O=C(N[C@@H]1CCCC[C@@H]1CO)c1noc(-c2ccc(F)c(F)c2)c1Cl. The third-order valence-corrected chi connectivity index (χ3v) is 4.84. The van der Waals surface area contributed by atoms with Gasteiger partial charge in [-0.15, -0.1) is 0 Å². The minimum absolute atomic E-state index is 0.00238. The maximum atomic E-state index is 13.4. The van der Waals surface area contributed by atoms with Crippen LogP contribution in [0.1, 0.15) is 36.2 Å². The summed E-state index contributed by atoms with van der Waals surface area (Å²) < 4.78 is 31.5. The fourth-order valence-electron chi connectivity index (χ4n) is 3.09. The summed E-state index contributed by atoms with van der Waals surface area (Å²) in [5.74, 6) is -2.58. The summed E-state index contributed by atoms with van der Waals surface area (Å²) in [6, 6.07) is 2.99. The highest BCUT2D eigenvalue weighted by Gasteiger charge is 2.29. The van der Waals surface area contributed by atoms with Crippen molar-refractivity contribution < 1.29 is 23.2 Å². The normalized spacial score (nSPS) is 20.5. The van der Waals surface area contributed by atoms with E-state index >= 15 is 0 Å². The van der Waals surface area contributed by atoms with Gasteiger partial charge in [-0.1, -0.05) is 29.6 Å². The Bertz CT molecular complexity index is 781. The van der Waals surface area contributed by atoms with Crippen LogP contribution in [-0.4, -0.2) is 28.8 Å². The van der Waals surface area contributed by atoms with Gasteiger partial charge in [-0.25, -0.2) is 8.78 Å². The van der Waals surface area contributed by atoms with Crippen molar-refractivity contribution >= 4 is 17.5 Å². The number of aliphatic hydroxyl groups is 1. The van der Waals surface area contributed by atoms with Crippen LogP contribution < -0.4 is 5.32 Å². The molecule has 1 heterocycles. The van der Waals surface area contributed by atoms with Crippen molar-refractivity contribution in [3.05, 3.63) is 40.6 Å². The smallest absolute Gasteiger partial charge is 0.275 e. The molecule has 1 aromatic heterocycles. The molecule has 1 saturated carbocycles. The zero-order valence-corrected chi connectivity index (χ0v) is 14.0. The van der Waals surface area contributed by atoms with E-state index in [0.29, 0.717) is 0 Å². The van der Waals surface area contributed by atoms with Crippen LogP contribution in [0.4, 0.5) is 8.78 Å². The maximum Gasteiger partial charge on any atom is 0.275 e. The molecule has 5 nitrogen and oxygen atoms in total. The molecule has 1 amide bonds. The average molecular weight is 371 g/mol. The molecule has 3 rings (SSSR count). The second-order valence-electron chi connectivity index (χ2n) is 6.11. The number of rotatable bonds is 4. The molecule has 0 spiro atoms. The van der Waals surface area contributed by atoms with Crippen molar-refractivity contribution in [2.45, 2.75) is 31.7 Å². The Balaban J connectivity index is 1.80. The standard InChI is InChI=1S/C17H17ClF2N2O3/c18-14-15(17(24)21-13-4-2-1-3-10(13)8-23)22-25-16(14)9-5-6-11(19)12(20)7-9/h5-7,10,13,23H,1-4,8H2,(H,21,24)/t10-,13-/m1/s1. The predicted octanol–water partition coefficient (Wildman–Crippen LogP) is 3.55. The Hall–Kier alpha value is -1.99. The maximum absolute atomic E-state index is 13.4. The van der Waals surface area contributed by atoms with E-state index in [4.69, 9.17) is 16.1 Å². The van der Waals surface area contributed by atoms with Gasteiger partial charge in [-0.2, -0.15) is 0 Å². The van der Waals surface area contributed by atoms with E-state index in [0.717, 1.165) is 37.8 Å². The summed E-state index contributed by atoms with van der Waals surface area (Å²) in [6.45, 7) is -0.00238. The third-order valence-electron chi connectivity index (χ3n) is 4.49. The minimum Gasteiger partial charge on any atom is -0.396 e. The second kappa shape index (κ2) is 7.49. The summed E-state index contributed by atoms with van der Waals surface area (Å²) in [5.41, 5.74) is 0.0602. The fraction of sp³-hybridized carbons (Fsp3) is 0.412. The molecule has 0 bridgehead atoms. The fourth-order valence-corrected chi connectivity index (χ4v) is 3.35. The predicted molar refractivity (Wildman–Crippen MR) is 87.2 cm³/mol. The molecule has 1 aliphatic rings. The lowest BCUT2D eigenvalue weighted by Gasteiger charge is -2.30. The van der Waals surface area contributed by atoms with Gasteiger partial charge in [-0.3, -0.25) is 4.79 Å². The molecule has 0 saturated heterocycles. The zero-order chi connectivity index (χ0) is 18.0. The van der Waals surface area contributed by atoms with Crippen LogP contribution in [0.5, 0.6) is 0 Å². The molecule has 134 valence electrons. The van der Waals surface area contributed by atoms with Gasteiger partial charge in [0.05, 0.1) is 0 Å². The number of carbonyl (C=O) groups excluding carboxylic acids is 1. The zero-order valence-electron chi connectivity index (χ0n) is 13.3. The molecular formula is C17H17ClF2N2O3. The van der Waals surface area contributed by atoms with Crippen LogP contribution in [0, 0.1) is 17.6 Å². The van der Waals surface area contributed by atoms with Crippen LogP contribution in [-0.2, 0) is 0 Å². The average Bonchev–Trinajstić information content (AvgIpc) is 2.99. The van der Waals surface area contributed by atoms with Crippen molar-refractivity contribution in [2.24, 2.45) is 5.92 Å². The lowest BCUT2D eigenvalue weighted by atomic mass is 9.85. The van der Waals surface area contributed by atoms with E-state index in [2.05, 4.69) is 10.5 Å². The van der Waals surface area contributed by atoms with Crippen LogP contribution in [0.25, 0.3) is 11.3 Å². The van der Waals surface area contributed by atoms with Gasteiger partial charge in [0.25, 0.3) is 5.91 Å². The molecule has 1 fully saturated rings. The summed E-state index contributed by atoms with van der Waals surface area (Å²) in [4.78, 5) is 12.4. The summed E-state index contributed by atoms with van der Waals surface area (Å²) in [7, 11) is 0. The van der Waals surface area contributed by atoms with Crippen molar-refractivity contribution in [3.8, 4) is 11.3 Å². The number of halogens is 3. The summed E-state index contributed by atoms with van der Waals surface area (Å²) in [5, 5.41) is 15.8. The molecular weight excluding hydrogens is 354 g/mol. The number of nitrogens with zero attached hydrogens (tertiary/aromatic N) is 1. The molecule has 0 radical (unpaired) electrons. The van der Waals surface area contributed by atoms with E-state index in [1.807, 2.05) is 0 Å². The first kappa shape index (κ1) is 17.8. The van der Waals surface area contributed by atoms with E-state index in [-0.39, 0.29) is 40.6 Å². The Morgan fingerprint density at radius 2 is 2.08 bits per heavy atom. The molecule has 2 N–H and O–H groups in total. The first-order chi connectivity index (χ1) is 12.0. The molecule has 2 aromatic rings. The Morgan fingerprint density at radius 3 is 2.80 bits per heavy atom. The lowest BCUT2D eigenvalue weighted by Crippen LogP contribution is -2.43. The second-order valence-corrected chi connectivity index (χ2v) is 6.49. The number of benzene rings is 1. The third kappa shape index (κ3) is 3.67. The van der Waals surface area contributed by atoms with E-state index in [1.54, 1.807) is 0 Å². The van der Waals surface area contributed by atoms with Gasteiger partial charge in [0, 0.05) is 24.1 Å². The van der Waals surface area contributed by atoms with Gasteiger partial charge in [0.15, 0.2) is 23.1 Å². The first-order valence-electron chi connectivity index (χ1n) is 8.03. The largest absolute Gasteiger partial charge is 0.396 e. The van der Waals surface area contributed by atoms with Gasteiger partial charge in [0.2, 0.25) is 0 Å². The number of hydrogen-bond acceptors (Lipinski definition) is 4. The molecule has 2 atom stereocenters. The van der Waals surface area contributed by atoms with Crippen LogP contribution in [0.2, 0.25) is 5.02 Å². The van der Waals surface area contributed by atoms with Crippen molar-refractivity contribution in [3.63, 3.8) is 0 Å². The van der Waals surface area contributed by atoms with Gasteiger partial charge >= 0.3 is 0 Å². The van der Waals surface area contributed by atoms with Crippen LogP contribution >= 0.6 is 11.6 Å². The quantitative estimate of drug-likeness (QED) is 0.863. The lowest BCUT2D eigenvalue weighted by molar-refractivity contribution is 0.0864. The number of carbonyl (C=O) groups is 1. The van der Waals surface area contributed by atoms with Gasteiger partial charge in [-0.05, 0) is 31.0 Å². The molecule has 8 heteroatoms. The van der Waals surface area contributed by atoms with E-state index in [1.165, 1.54) is 6.07 Å². The summed E-state index contributed by atoms with van der Waals surface area (Å²) >= 11 is 6.15. The monoisotopic (exact) mass is 370 g/mol. The van der Waals surface area contributed by atoms with Gasteiger partial charge < -0.3 is 14.9 Å². The van der Waals surface area contributed by atoms with E-state index in [9.17, 15) is 18.7 Å². The molecule has 1 aromatic carbocycles. The van der Waals surface area contributed by atoms with Crippen LogP contribution in [0.15, 0.2) is 22.7 Å². The van der Waals surface area contributed by atoms with Crippen molar-refractivity contribution in [1.29, 1.82) is 0 Å². The Kier molecular flexibility index (Phi) is 5.34. The molecule has 0 unspecified atom stereocenters. The minimum atomic E-state index is -1.05. The number of nitrogens with one attached hydrogen (secondary N) is 1. The van der Waals surface area contributed by atoms with Crippen molar-refractivity contribution in [1.82, 2.24) is 10.5 Å². The Morgan fingerprint density at radius 1 is 1.32 bits per heavy atom. The summed E-state index contributed by atoms with van der Waals surface area (Å²) in [6.07, 6.45) is 3.59. The number of aliphatic hydroxyl groups excluding tert-OH is 1. The van der Waals surface area contributed by atoms with Crippen LogP contribution in [0.3, 0.4) is 0 Å². The van der Waals surface area contributed by atoms with Gasteiger partial charge in [0.1, 0.15) is 5.02 Å². The topological polar surface area (TPSA) is 75.4 Å². The number of aromatic nitrogens is 1. The molecule has 1 aliphatic carbocycles. The highest BCUT2D eigenvalue weighted by atomic mass is 35.5. The number of amides is 1. The molecule has 25 heavy (non-hydrogen) atoms. The number of hydrogen-bond donors (Lipinski definition) is 2.